The van der Waals surface area contributed by atoms with Crippen LogP contribution in [0.5, 0.6) is 0 Å². The molecule has 3 rings (SSSR count). The van der Waals surface area contributed by atoms with Crippen molar-refractivity contribution < 1.29 is 0 Å². The minimum absolute atomic E-state index is 0.623. The second kappa shape index (κ2) is 6.02. The second-order valence-electron chi connectivity index (χ2n) is 6.32. The first-order valence-electron chi connectivity index (χ1n) is 8.18. The third-order valence-corrected chi connectivity index (χ3v) is 5.76. The van der Waals surface area contributed by atoms with Gasteiger partial charge in [-0.25, -0.2) is 4.98 Å². The van der Waals surface area contributed by atoms with Crippen molar-refractivity contribution in [2.45, 2.75) is 76.9 Å². The van der Waals surface area contributed by atoms with E-state index >= 15 is 0 Å². The van der Waals surface area contributed by atoms with Crippen molar-refractivity contribution in [2.24, 2.45) is 0 Å². The van der Waals surface area contributed by atoms with Crippen molar-refractivity contribution in [3.8, 4) is 0 Å². The van der Waals surface area contributed by atoms with Crippen LogP contribution in [-0.2, 0) is 6.54 Å². The van der Waals surface area contributed by atoms with Crippen molar-refractivity contribution in [3.05, 3.63) is 10.6 Å². The molecule has 1 heterocycles. The molecule has 0 spiro atoms. The Morgan fingerprint density at radius 1 is 1.25 bits per heavy atom. The van der Waals surface area contributed by atoms with E-state index in [2.05, 4.69) is 31.1 Å². The lowest BCUT2D eigenvalue weighted by atomic mass is 10.1. The van der Waals surface area contributed by atoms with Crippen molar-refractivity contribution in [3.63, 3.8) is 0 Å². The summed E-state index contributed by atoms with van der Waals surface area (Å²) in [5, 5.41) is 4.89. The molecule has 1 N–H and O–H groups in total. The standard InChI is InChI=1S/C16H27N3S/c1-4-13(5-2)19(3)16-18-15(11-6-7-11)14(20-16)10-17-12-8-9-12/h11-13,17H,4-10H2,1-3H3. The molecule has 0 unspecified atom stereocenters. The molecular formula is C16H27N3S. The minimum atomic E-state index is 0.623. The molecule has 2 fully saturated rings. The lowest BCUT2D eigenvalue weighted by molar-refractivity contribution is 0.590. The van der Waals surface area contributed by atoms with Crippen LogP contribution in [0.2, 0.25) is 0 Å². The molecule has 20 heavy (non-hydrogen) atoms. The molecule has 0 aromatic carbocycles. The lowest BCUT2D eigenvalue weighted by Crippen LogP contribution is -2.30. The maximum absolute atomic E-state index is 4.99. The highest BCUT2D eigenvalue weighted by molar-refractivity contribution is 7.15. The van der Waals surface area contributed by atoms with Gasteiger partial charge in [-0.15, -0.1) is 11.3 Å². The van der Waals surface area contributed by atoms with Crippen molar-refractivity contribution in [2.75, 3.05) is 11.9 Å². The number of rotatable bonds is 8. The first-order valence-corrected chi connectivity index (χ1v) is 9.00. The topological polar surface area (TPSA) is 28.2 Å². The van der Waals surface area contributed by atoms with Gasteiger partial charge in [0.1, 0.15) is 0 Å². The summed E-state index contributed by atoms with van der Waals surface area (Å²) in [5.41, 5.74) is 1.40. The van der Waals surface area contributed by atoms with Crippen LogP contribution in [0.3, 0.4) is 0 Å². The van der Waals surface area contributed by atoms with E-state index in [1.165, 1.54) is 54.2 Å². The van der Waals surface area contributed by atoms with Gasteiger partial charge in [-0.1, -0.05) is 13.8 Å². The summed E-state index contributed by atoms with van der Waals surface area (Å²) in [4.78, 5) is 8.88. The maximum atomic E-state index is 4.99. The number of nitrogens with zero attached hydrogens (tertiary/aromatic N) is 2. The van der Waals surface area contributed by atoms with Crippen LogP contribution in [-0.4, -0.2) is 24.1 Å². The number of aromatic nitrogens is 1. The van der Waals surface area contributed by atoms with Crippen molar-refractivity contribution >= 4 is 16.5 Å². The van der Waals surface area contributed by atoms with E-state index in [1.807, 2.05) is 11.3 Å². The van der Waals surface area contributed by atoms with E-state index < -0.39 is 0 Å². The molecule has 2 aliphatic carbocycles. The van der Waals surface area contributed by atoms with Crippen LogP contribution < -0.4 is 10.2 Å². The molecule has 2 saturated carbocycles. The third-order valence-electron chi connectivity index (χ3n) is 4.60. The predicted molar refractivity (Wildman–Crippen MR) is 86.7 cm³/mol. The van der Waals surface area contributed by atoms with Crippen molar-refractivity contribution in [1.29, 1.82) is 0 Å². The fourth-order valence-electron chi connectivity index (χ4n) is 2.82. The molecule has 4 heteroatoms. The molecular weight excluding hydrogens is 266 g/mol. The van der Waals surface area contributed by atoms with E-state index in [1.54, 1.807) is 0 Å². The fraction of sp³-hybridized carbons (Fsp3) is 0.812. The molecule has 0 saturated heterocycles. The number of thiazole rings is 1. The van der Waals surface area contributed by atoms with Crippen molar-refractivity contribution in [1.82, 2.24) is 10.3 Å². The van der Waals surface area contributed by atoms with Crippen LogP contribution in [0.1, 0.15) is 68.9 Å². The smallest absolute Gasteiger partial charge is 0.185 e. The summed E-state index contributed by atoms with van der Waals surface area (Å²) in [6.07, 6.45) is 7.79. The molecule has 112 valence electrons. The lowest BCUT2D eigenvalue weighted by Gasteiger charge is -2.25. The molecule has 0 amide bonds. The third kappa shape index (κ3) is 3.17. The van der Waals surface area contributed by atoms with Gasteiger partial charge in [-0.05, 0) is 38.5 Å². The van der Waals surface area contributed by atoms with E-state index in [9.17, 15) is 0 Å². The summed E-state index contributed by atoms with van der Waals surface area (Å²) < 4.78 is 0. The fourth-order valence-corrected chi connectivity index (χ4v) is 3.95. The average molecular weight is 293 g/mol. The number of nitrogens with one attached hydrogen (secondary N) is 1. The monoisotopic (exact) mass is 293 g/mol. The zero-order valence-electron chi connectivity index (χ0n) is 13.0. The largest absolute Gasteiger partial charge is 0.348 e. The predicted octanol–water partition coefficient (Wildman–Crippen LogP) is 3.90. The molecule has 0 radical (unpaired) electrons. The summed E-state index contributed by atoms with van der Waals surface area (Å²) >= 11 is 1.92. The van der Waals surface area contributed by atoms with Crippen LogP contribution in [0.25, 0.3) is 0 Å². The summed E-state index contributed by atoms with van der Waals surface area (Å²) in [6, 6.07) is 1.40. The molecule has 1 aromatic rings. The van der Waals surface area contributed by atoms with Gasteiger partial charge in [0.25, 0.3) is 0 Å². The van der Waals surface area contributed by atoms with Crippen LogP contribution in [0.4, 0.5) is 5.13 Å². The number of anilines is 1. The second-order valence-corrected chi connectivity index (χ2v) is 7.38. The van der Waals surface area contributed by atoms with Gasteiger partial charge in [0.05, 0.1) is 5.69 Å². The van der Waals surface area contributed by atoms with Gasteiger partial charge in [0.15, 0.2) is 5.13 Å². The molecule has 2 aliphatic rings. The Labute approximate surface area is 126 Å². The zero-order valence-corrected chi connectivity index (χ0v) is 13.8. The van der Waals surface area contributed by atoms with E-state index in [-0.39, 0.29) is 0 Å². The average Bonchev–Trinajstić information content (AvgIpc) is 3.37. The molecule has 3 nitrogen and oxygen atoms in total. The highest BCUT2D eigenvalue weighted by atomic mass is 32.1. The molecule has 0 bridgehead atoms. The van der Waals surface area contributed by atoms with E-state index in [0.717, 1.165) is 18.5 Å². The van der Waals surface area contributed by atoms with Gasteiger partial charge in [0, 0.05) is 36.5 Å². The summed E-state index contributed by atoms with van der Waals surface area (Å²) in [6.45, 7) is 5.58. The Bertz CT molecular complexity index is 445. The Morgan fingerprint density at radius 3 is 2.50 bits per heavy atom. The van der Waals surface area contributed by atoms with E-state index in [0.29, 0.717) is 6.04 Å². The highest BCUT2D eigenvalue weighted by Gasteiger charge is 2.31. The SMILES string of the molecule is CCC(CC)N(C)c1nc(C2CC2)c(CNC2CC2)s1. The van der Waals surface area contributed by atoms with Crippen LogP contribution in [0, 0.1) is 0 Å². The Hall–Kier alpha value is -0.610. The quantitative estimate of drug-likeness (QED) is 0.788. The first-order chi connectivity index (χ1) is 9.72. The molecule has 1 aromatic heterocycles. The number of hydrogen-bond donors (Lipinski definition) is 1. The van der Waals surface area contributed by atoms with Gasteiger partial charge in [0.2, 0.25) is 0 Å². The van der Waals surface area contributed by atoms with Gasteiger partial charge >= 0.3 is 0 Å². The normalized spacial score (nSPS) is 18.8. The molecule has 0 aliphatic heterocycles. The molecule has 0 atom stereocenters. The summed E-state index contributed by atoms with van der Waals surface area (Å²) in [5.74, 6) is 0.756. The Balaban J connectivity index is 1.74. The van der Waals surface area contributed by atoms with Gasteiger partial charge in [-0.3, -0.25) is 0 Å². The number of hydrogen-bond acceptors (Lipinski definition) is 4. The zero-order chi connectivity index (χ0) is 14.1. The Kier molecular flexibility index (Phi) is 4.32. The van der Waals surface area contributed by atoms with E-state index in [4.69, 9.17) is 4.98 Å². The van der Waals surface area contributed by atoms with Crippen LogP contribution in [0.15, 0.2) is 0 Å². The maximum Gasteiger partial charge on any atom is 0.185 e. The van der Waals surface area contributed by atoms with Gasteiger partial charge in [-0.2, -0.15) is 0 Å². The Morgan fingerprint density at radius 2 is 1.95 bits per heavy atom. The van der Waals surface area contributed by atoms with Crippen LogP contribution >= 0.6 is 11.3 Å². The van der Waals surface area contributed by atoms with Gasteiger partial charge < -0.3 is 10.2 Å². The minimum Gasteiger partial charge on any atom is -0.348 e. The highest BCUT2D eigenvalue weighted by Crippen LogP contribution is 2.44. The summed E-state index contributed by atoms with van der Waals surface area (Å²) in [7, 11) is 2.21. The first kappa shape index (κ1) is 14.3.